The highest BCUT2D eigenvalue weighted by Crippen LogP contribution is 2.35. The summed E-state index contributed by atoms with van der Waals surface area (Å²) in [6.07, 6.45) is 1.13. The van der Waals surface area contributed by atoms with E-state index >= 15 is 0 Å². The van der Waals surface area contributed by atoms with E-state index in [0.29, 0.717) is 36.4 Å². The van der Waals surface area contributed by atoms with Gasteiger partial charge in [0, 0.05) is 44.4 Å². The van der Waals surface area contributed by atoms with E-state index in [1.807, 2.05) is 18.2 Å². The van der Waals surface area contributed by atoms with Crippen LogP contribution in [0.4, 0.5) is 10.2 Å². The minimum absolute atomic E-state index is 0.0312. The number of carboxylic acids is 1. The minimum atomic E-state index is -0.945. The molecule has 0 saturated carbocycles. The highest BCUT2D eigenvalue weighted by Gasteiger charge is 2.41. The van der Waals surface area contributed by atoms with Crippen molar-refractivity contribution in [1.82, 2.24) is 19.4 Å². The summed E-state index contributed by atoms with van der Waals surface area (Å²) in [4.78, 5) is 26.0. The van der Waals surface area contributed by atoms with Crippen LogP contribution < -0.4 is 9.64 Å². The van der Waals surface area contributed by atoms with Crippen LogP contribution in [0, 0.1) is 29.0 Å². The van der Waals surface area contributed by atoms with Crippen LogP contribution in [0.5, 0.6) is 5.88 Å². The largest absolute Gasteiger partial charge is 0.478 e. The van der Waals surface area contributed by atoms with Crippen molar-refractivity contribution in [3.63, 3.8) is 0 Å². The summed E-state index contributed by atoms with van der Waals surface area (Å²) in [5, 5.41) is 18.5. The molecule has 0 bridgehead atoms. The minimum Gasteiger partial charge on any atom is -0.478 e. The van der Waals surface area contributed by atoms with Crippen molar-refractivity contribution in [3.8, 4) is 11.9 Å². The zero-order chi connectivity index (χ0) is 29.5. The zero-order valence-electron chi connectivity index (χ0n) is 23.5. The van der Waals surface area contributed by atoms with Crippen LogP contribution in [0.15, 0.2) is 54.6 Å². The molecule has 0 spiro atoms. The first-order valence-electron chi connectivity index (χ1n) is 14.5. The third-order valence-electron chi connectivity index (χ3n) is 8.77. The number of carboxylic acid groups (broad SMARTS) is 1. The number of anilines is 1. The maximum atomic E-state index is 14.3. The Morgan fingerprint density at radius 2 is 1.91 bits per heavy atom. The van der Waals surface area contributed by atoms with Gasteiger partial charge in [0.05, 0.1) is 47.4 Å². The van der Waals surface area contributed by atoms with E-state index < -0.39 is 11.8 Å². The molecule has 11 heteroatoms. The molecular weight excluding hydrogens is 551 g/mol. The second-order valence-corrected chi connectivity index (χ2v) is 11.6. The highest BCUT2D eigenvalue weighted by atomic mass is 19.1. The lowest BCUT2D eigenvalue weighted by atomic mass is 10.0. The maximum Gasteiger partial charge on any atom is 0.335 e. The fourth-order valence-corrected chi connectivity index (χ4v) is 6.41. The molecule has 220 valence electrons. The summed E-state index contributed by atoms with van der Waals surface area (Å²) in [6.45, 7) is 5.82. The average Bonchev–Trinajstić information content (AvgIpc) is 3.65. The van der Waals surface area contributed by atoms with Gasteiger partial charge in [-0.05, 0) is 54.7 Å². The molecule has 0 radical (unpaired) electrons. The van der Waals surface area contributed by atoms with E-state index in [4.69, 9.17) is 24.7 Å². The summed E-state index contributed by atoms with van der Waals surface area (Å²) in [5.74, 6) is 1.78. The predicted molar refractivity (Wildman–Crippen MR) is 155 cm³/mol. The van der Waals surface area contributed by atoms with Crippen LogP contribution in [0.3, 0.4) is 0 Å². The van der Waals surface area contributed by atoms with E-state index in [1.165, 1.54) is 6.07 Å². The summed E-state index contributed by atoms with van der Waals surface area (Å²) in [6, 6.07) is 17.1. The molecule has 3 atom stereocenters. The van der Waals surface area contributed by atoms with Crippen LogP contribution in [0.2, 0.25) is 0 Å². The Bertz CT molecular complexity index is 1720. The summed E-state index contributed by atoms with van der Waals surface area (Å²) in [5.41, 5.74) is 2.55. The normalized spacial score (nSPS) is 21.5. The standard InChI is InChI=1S/C32H31FN6O4/c33-26-10-20(12-34)4-5-22(26)19-43-31-3-1-2-29(36-31)38-15-23-13-37(14-24(23)16-38)18-30-35-27-7-6-21(32(40)41)11-28(27)39(30)17-25-8-9-42-25/h1-7,10-11,23-25H,8-9,13-19H2,(H,40,41). The van der Waals surface area contributed by atoms with Crippen molar-refractivity contribution in [2.24, 2.45) is 11.8 Å². The van der Waals surface area contributed by atoms with Gasteiger partial charge in [0.25, 0.3) is 0 Å². The maximum absolute atomic E-state index is 14.3. The van der Waals surface area contributed by atoms with Gasteiger partial charge in [-0.25, -0.2) is 14.2 Å². The van der Waals surface area contributed by atoms with Gasteiger partial charge in [-0.2, -0.15) is 10.2 Å². The van der Waals surface area contributed by atoms with Gasteiger partial charge >= 0.3 is 5.97 Å². The van der Waals surface area contributed by atoms with Crippen LogP contribution in [0.25, 0.3) is 11.0 Å². The number of hydrogen-bond acceptors (Lipinski definition) is 8. The van der Waals surface area contributed by atoms with Gasteiger partial charge in [0.2, 0.25) is 5.88 Å². The smallest absolute Gasteiger partial charge is 0.335 e. The van der Waals surface area contributed by atoms with Crippen molar-refractivity contribution in [1.29, 1.82) is 5.26 Å². The topological polar surface area (TPSA) is 117 Å². The van der Waals surface area contributed by atoms with Crippen LogP contribution in [0.1, 0.15) is 33.7 Å². The monoisotopic (exact) mass is 582 g/mol. The zero-order valence-corrected chi connectivity index (χ0v) is 23.5. The fraction of sp³-hybridized carbons (Fsp3) is 0.375. The summed E-state index contributed by atoms with van der Waals surface area (Å²) < 4.78 is 27.9. The molecule has 10 nitrogen and oxygen atoms in total. The quantitative estimate of drug-likeness (QED) is 0.312. The second-order valence-electron chi connectivity index (χ2n) is 11.6. The SMILES string of the molecule is N#Cc1ccc(COc2cccc(N3CC4CN(Cc5nc6ccc(C(=O)O)cc6n5CC5CCO5)CC4C3)n2)c(F)c1. The molecule has 3 saturated heterocycles. The Balaban J connectivity index is 0.999. The third kappa shape index (κ3) is 5.51. The predicted octanol–water partition coefficient (Wildman–Crippen LogP) is 4.08. The number of ether oxygens (including phenoxy) is 2. The molecule has 4 aromatic rings. The second kappa shape index (κ2) is 11.3. The van der Waals surface area contributed by atoms with E-state index in [0.717, 1.165) is 61.9 Å². The number of hydrogen-bond donors (Lipinski definition) is 1. The Kier molecular flexibility index (Phi) is 7.16. The first-order valence-corrected chi connectivity index (χ1v) is 14.5. The molecule has 43 heavy (non-hydrogen) atoms. The highest BCUT2D eigenvalue weighted by molar-refractivity contribution is 5.92. The molecule has 3 aliphatic heterocycles. The molecule has 3 unspecified atom stereocenters. The number of likely N-dealkylation sites (tertiary alicyclic amines) is 1. The van der Waals surface area contributed by atoms with Gasteiger partial charge in [-0.1, -0.05) is 12.1 Å². The van der Waals surface area contributed by atoms with Crippen molar-refractivity contribution in [2.45, 2.75) is 32.2 Å². The molecule has 7 rings (SSSR count). The van der Waals surface area contributed by atoms with E-state index in [9.17, 15) is 14.3 Å². The Morgan fingerprint density at radius 1 is 1.09 bits per heavy atom. The van der Waals surface area contributed by atoms with Crippen LogP contribution >= 0.6 is 0 Å². The van der Waals surface area contributed by atoms with Crippen LogP contribution in [-0.4, -0.2) is 69.4 Å². The lowest BCUT2D eigenvalue weighted by molar-refractivity contribution is -0.0591. The molecule has 2 aromatic carbocycles. The Labute approximate surface area is 247 Å². The first-order chi connectivity index (χ1) is 20.9. The number of nitriles is 1. The number of benzene rings is 2. The molecule has 1 N–H and O–H groups in total. The number of pyridine rings is 1. The molecule has 0 aliphatic carbocycles. The number of carbonyl (C=O) groups is 1. The molecule has 3 fully saturated rings. The summed E-state index contributed by atoms with van der Waals surface area (Å²) in [7, 11) is 0. The molecule has 0 amide bonds. The Hall–Kier alpha value is -4.53. The Morgan fingerprint density at radius 3 is 2.60 bits per heavy atom. The van der Waals surface area contributed by atoms with Gasteiger partial charge in [-0.15, -0.1) is 0 Å². The van der Waals surface area contributed by atoms with Crippen molar-refractivity contribution in [2.75, 3.05) is 37.7 Å². The molecule has 2 aromatic heterocycles. The van der Waals surface area contributed by atoms with Crippen molar-refractivity contribution >= 4 is 22.8 Å². The average molecular weight is 583 g/mol. The number of imidazole rings is 1. The number of halogens is 1. The first kappa shape index (κ1) is 27.3. The van der Waals surface area contributed by atoms with Gasteiger partial charge in [-0.3, -0.25) is 4.90 Å². The lowest BCUT2D eigenvalue weighted by Gasteiger charge is -2.28. The van der Waals surface area contributed by atoms with E-state index in [-0.39, 0.29) is 23.8 Å². The molecule has 5 heterocycles. The number of fused-ring (bicyclic) bond motifs is 2. The fourth-order valence-electron chi connectivity index (χ4n) is 6.41. The van der Waals surface area contributed by atoms with Crippen LogP contribution in [-0.2, 0) is 24.4 Å². The van der Waals surface area contributed by atoms with Crippen molar-refractivity contribution < 1.29 is 23.8 Å². The van der Waals surface area contributed by atoms with E-state index in [1.54, 1.807) is 36.4 Å². The summed E-state index contributed by atoms with van der Waals surface area (Å²) >= 11 is 0. The third-order valence-corrected chi connectivity index (χ3v) is 8.77. The number of rotatable bonds is 9. The lowest BCUT2D eigenvalue weighted by Crippen LogP contribution is -2.33. The molecule has 3 aliphatic rings. The van der Waals surface area contributed by atoms with E-state index in [2.05, 4.69) is 14.4 Å². The van der Waals surface area contributed by atoms with Gasteiger partial charge in [0.15, 0.2) is 0 Å². The van der Waals surface area contributed by atoms with Gasteiger partial charge < -0.3 is 24.0 Å². The van der Waals surface area contributed by atoms with Crippen molar-refractivity contribution in [3.05, 3.63) is 82.9 Å². The van der Waals surface area contributed by atoms with Gasteiger partial charge in [0.1, 0.15) is 24.1 Å². The number of aromatic carboxylic acids is 1. The number of aromatic nitrogens is 3. The molecular formula is C32H31FN6O4. The number of nitrogens with zero attached hydrogens (tertiary/aromatic N) is 6.